The molecule has 2 N–H and O–H groups in total. The van der Waals surface area contributed by atoms with E-state index in [2.05, 4.69) is 21.7 Å². The van der Waals surface area contributed by atoms with E-state index in [1.165, 1.54) is 23.0 Å². The van der Waals surface area contributed by atoms with Crippen LogP contribution in [0.4, 0.5) is 5.69 Å². The summed E-state index contributed by atoms with van der Waals surface area (Å²) in [5, 5.41) is 12.5. The van der Waals surface area contributed by atoms with E-state index < -0.39 is 10.0 Å². The van der Waals surface area contributed by atoms with Gasteiger partial charge in [-0.05, 0) is 24.3 Å². The van der Waals surface area contributed by atoms with Gasteiger partial charge in [0.15, 0.2) is 0 Å². The molecule has 0 aliphatic carbocycles. The lowest BCUT2D eigenvalue weighted by molar-refractivity contribution is 0.305. The van der Waals surface area contributed by atoms with Crippen LogP contribution in [-0.2, 0) is 17.1 Å². The monoisotopic (exact) mass is 305 g/mol. The highest BCUT2D eigenvalue weighted by Gasteiger charge is 2.14. The maximum atomic E-state index is 12.2. The van der Waals surface area contributed by atoms with E-state index in [1.807, 2.05) is 0 Å². The first-order valence-corrected chi connectivity index (χ1v) is 7.71. The second-order valence-corrected chi connectivity index (χ2v) is 5.99. The Morgan fingerprint density at radius 1 is 1.33 bits per heavy atom. The fourth-order valence-corrected chi connectivity index (χ4v) is 2.65. The second kappa shape index (κ2) is 6.43. The number of hydrogen-bond acceptors (Lipinski definition) is 4. The molecule has 1 aromatic heterocycles. The van der Waals surface area contributed by atoms with Gasteiger partial charge in [-0.2, -0.15) is 5.10 Å². The molecule has 0 atom stereocenters. The summed E-state index contributed by atoms with van der Waals surface area (Å²) in [5.74, 6) is 5.61. The van der Waals surface area contributed by atoms with Gasteiger partial charge in [0, 0.05) is 25.2 Å². The SMILES string of the molecule is Cn1cc(NS(=O)(=O)c2ccc(C#CCCO)cc2)cn1. The molecule has 0 fully saturated rings. The van der Waals surface area contributed by atoms with Crippen molar-refractivity contribution in [3.05, 3.63) is 42.2 Å². The van der Waals surface area contributed by atoms with E-state index in [-0.39, 0.29) is 11.5 Å². The topological polar surface area (TPSA) is 84.2 Å². The van der Waals surface area contributed by atoms with E-state index >= 15 is 0 Å². The van der Waals surface area contributed by atoms with Crippen molar-refractivity contribution in [2.45, 2.75) is 11.3 Å². The van der Waals surface area contributed by atoms with Gasteiger partial charge < -0.3 is 5.11 Å². The van der Waals surface area contributed by atoms with Gasteiger partial charge >= 0.3 is 0 Å². The van der Waals surface area contributed by atoms with Crippen molar-refractivity contribution in [1.29, 1.82) is 0 Å². The minimum atomic E-state index is -3.63. The molecule has 0 aliphatic rings. The Bertz CT molecular complexity index is 768. The first-order valence-electron chi connectivity index (χ1n) is 6.22. The van der Waals surface area contributed by atoms with Crippen molar-refractivity contribution in [3.63, 3.8) is 0 Å². The van der Waals surface area contributed by atoms with Gasteiger partial charge in [-0.15, -0.1) is 0 Å². The van der Waals surface area contributed by atoms with Crippen LogP contribution < -0.4 is 4.72 Å². The number of anilines is 1. The fraction of sp³-hybridized carbons (Fsp3) is 0.214. The van der Waals surface area contributed by atoms with Crippen LogP contribution >= 0.6 is 0 Å². The first-order chi connectivity index (χ1) is 10.0. The molecule has 0 amide bonds. The summed E-state index contributed by atoms with van der Waals surface area (Å²) in [5.41, 5.74) is 1.10. The van der Waals surface area contributed by atoms with Crippen molar-refractivity contribution in [2.75, 3.05) is 11.3 Å². The van der Waals surface area contributed by atoms with Crippen LogP contribution in [-0.4, -0.2) is 29.9 Å². The average molecular weight is 305 g/mol. The Morgan fingerprint density at radius 2 is 2.05 bits per heavy atom. The molecule has 2 aromatic rings. The molecule has 0 aliphatic heterocycles. The van der Waals surface area contributed by atoms with Gasteiger partial charge in [0.25, 0.3) is 10.0 Å². The molecular weight excluding hydrogens is 290 g/mol. The predicted octanol–water partition coefficient (Wildman–Crippen LogP) is 0.955. The molecule has 2 rings (SSSR count). The number of aliphatic hydroxyl groups is 1. The van der Waals surface area contributed by atoms with E-state index in [1.54, 1.807) is 25.4 Å². The molecule has 0 saturated heterocycles. The lowest BCUT2D eigenvalue weighted by Crippen LogP contribution is -2.12. The van der Waals surface area contributed by atoms with Gasteiger partial charge in [0.2, 0.25) is 0 Å². The number of sulfonamides is 1. The van der Waals surface area contributed by atoms with Crippen molar-refractivity contribution < 1.29 is 13.5 Å². The van der Waals surface area contributed by atoms with Crippen molar-refractivity contribution >= 4 is 15.7 Å². The van der Waals surface area contributed by atoms with Crippen LogP contribution in [0.2, 0.25) is 0 Å². The maximum absolute atomic E-state index is 12.2. The lowest BCUT2D eigenvalue weighted by Gasteiger charge is -2.05. The quantitative estimate of drug-likeness (QED) is 0.824. The number of rotatable bonds is 4. The molecule has 0 saturated carbocycles. The van der Waals surface area contributed by atoms with Gasteiger partial charge in [0.1, 0.15) is 0 Å². The van der Waals surface area contributed by atoms with Crippen molar-refractivity contribution in [1.82, 2.24) is 9.78 Å². The number of nitrogens with one attached hydrogen (secondary N) is 1. The third-order valence-electron chi connectivity index (χ3n) is 2.59. The summed E-state index contributed by atoms with van der Waals surface area (Å²) < 4.78 is 28.3. The highest BCUT2D eigenvalue weighted by Crippen LogP contribution is 2.15. The molecule has 0 spiro atoms. The Kier molecular flexibility index (Phi) is 4.62. The lowest BCUT2D eigenvalue weighted by atomic mass is 10.2. The number of aryl methyl sites for hydroxylation is 1. The third-order valence-corrected chi connectivity index (χ3v) is 3.99. The largest absolute Gasteiger partial charge is 0.395 e. The summed E-state index contributed by atoms with van der Waals surface area (Å²) in [6, 6.07) is 6.23. The van der Waals surface area contributed by atoms with Crippen molar-refractivity contribution in [2.24, 2.45) is 7.05 Å². The van der Waals surface area contributed by atoms with E-state index in [0.717, 1.165) is 0 Å². The summed E-state index contributed by atoms with van der Waals surface area (Å²) in [6.07, 6.45) is 3.40. The maximum Gasteiger partial charge on any atom is 0.261 e. The number of benzene rings is 1. The van der Waals surface area contributed by atoms with Gasteiger partial charge in [-0.1, -0.05) is 11.8 Å². The molecular formula is C14H15N3O3S. The summed E-state index contributed by atoms with van der Waals surface area (Å²) in [4.78, 5) is 0.152. The predicted molar refractivity (Wildman–Crippen MR) is 79.0 cm³/mol. The zero-order valence-electron chi connectivity index (χ0n) is 11.4. The van der Waals surface area contributed by atoms with E-state index in [0.29, 0.717) is 17.7 Å². The summed E-state index contributed by atoms with van der Waals surface area (Å²) in [6.45, 7) is 0.00843. The second-order valence-electron chi connectivity index (χ2n) is 4.31. The molecule has 110 valence electrons. The molecule has 21 heavy (non-hydrogen) atoms. The van der Waals surface area contributed by atoms with Crippen LogP contribution in [0.25, 0.3) is 0 Å². The standard InChI is InChI=1S/C14H15N3O3S/c1-17-11-13(10-15-17)16-21(19,20)14-7-5-12(6-8-14)4-2-3-9-18/h5-8,10-11,16,18H,3,9H2,1H3. The van der Waals surface area contributed by atoms with Crippen LogP contribution in [0, 0.1) is 11.8 Å². The zero-order chi connectivity index (χ0) is 15.3. The van der Waals surface area contributed by atoms with Gasteiger partial charge in [-0.25, -0.2) is 8.42 Å². The molecule has 6 nitrogen and oxygen atoms in total. The van der Waals surface area contributed by atoms with Crippen LogP contribution in [0.5, 0.6) is 0 Å². The Hall–Kier alpha value is -2.30. The first kappa shape index (κ1) is 15.1. The fourth-order valence-electron chi connectivity index (χ4n) is 1.63. The van der Waals surface area contributed by atoms with Crippen LogP contribution in [0.1, 0.15) is 12.0 Å². The number of aliphatic hydroxyl groups excluding tert-OH is 1. The molecule has 0 unspecified atom stereocenters. The van der Waals surface area contributed by atoms with Crippen LogP contribution in [0.3, 0.4) is 0 Å². The van der Waals surface area contributed by atoms with Crippen molar-refractivity contribution in [3.8, 4) is 11.8 Å². The third kappa shape index (κ3) is 4.08. The smallest absolute Gasteiger partial charge is 0.261 e. The highest BCUT2D eigenvalue weighted by molar-refractivity contribution is 7.92. The number of aromatic nitrogens is 2. The molecule has 0 bridgehead atoms. The molecule has 1 aromatic carbocycles. The Morgan fingerprint density at radius 3 is 2.62 bits per heavy atom. The minimum Gasteiger partial charge on any atom is -0.395 e. The van der Waals surface area contributed by atoms with Gasteiger partial charge in [-0.3, -0.25) is 9.40 Å². The zero-order valence-corrected chi connectivity index (χ0v) is 12.3. The molecule has 7 heteroatoms. The normalized spacial score (nSPS) is 10.8. The molecule has 0 radical (unpaired) electrons. The molecule has 1 heterocycles. The number of nitrogens with zero attached hydrogens (tertiary/aromatic N) is 2. The minimum absolute atomic E-state index is 0.00843. The Balaban J connectivity index is 2.15. The number of hydrogen-bond donors (Lipinski definition) is 2. The van der Waals surface area contributed by atoms with Gasteiger partial charge in [0.05, 0.1) is 23.4 Å². The van der Waals surface area contributed by atoms with E-state index in [4.69, 9.17) is 5.11 Å². The Labute approximate surface area is 123 Å². The van der Waals surface area contributed by atoms with E-state index in [9.17, 15) is 8.42 Å². The summed E-state index contributed by atoms with van der Waals surface area (Å²) in [7, 11) is -1.93. The highest BCUT2D eigenvalue weighted by atomic mass is 32.2. The summed E-state index contributed by atoms with van der Waals surface area (Å²) >= 11 is 0. The van der Waals surface area contributed by atoms with Crippen LogP contribution in [0.15, 0.2) is 41.6 Å². The average Bonchev–Trinajstić information content (AvgIpc) is 2.84.